The predicted octanol–water partition coefficient (Wildman–Crippen LogP) is -1.14. The van der Waals surface area contributed by atoms with E-state index >= 15 is 0 Å². The summed E-state index contributed by atoms with van der Waals surface area (Å²) in [6.07, 6.45) is 1.28. The highest BCUT2D eigenvalue weighted by Crippen LogP contribution is 2.02. The average Bonchev–Trinajstić information content (AvgIpc) is 2.17. The smallest absolute Gasteiger partial charge is 0.237 e. The Bertz CT molecular complexity index is 187. The molecule has 0 radical (unpaired) electrons. The fourth-order valence-corrected chi connectivity index (χ4v) is 1.50. The van der Waals surface area contributed by atoms with Crippen LogP contribution in [0, 0.1) is 0 Å². The summed E-state index contributed by atoms with van der Waals surface area (Å²) in [5, 5.41) is 15.1. The molecular formula is C9H18N2O3. The number of aliphatic hydroxyl groups is 1. The minimum absolute atomic E-state index is 0.0286. The number of carbonyl (C=O) groups is 1. The lowest BCUT2D eigenvalue weighted by atomic mass is 10.1. The van der Waals surface area contributed by atoms with Crippen LogP contribution < -0.4 is 10.6 Å². The van der Waals surface area contributed by atoms with E-state index in [1.54, 1.807) is 0 Å². The molecule has 0 aromatic carbocycles. The summed E-state index contributed by atoms with van der Waals surface area (Å²) in [6.45, 7) is 1.45. The third-order valence-electron chi connectivity index (χ3n) is 2.24. The number of ether oxygens (including phenoxy) is 1. The number of piperidine rings is 1. The van der Waals surface area contributed by atoms with Gasteiger partial charge < -0.3 is 20.5 Å². The van der Waals surface area contributed by atoms with Crippen molar-refractivity contribution < 1.29 is 14.6 Å². The molecule has 0 spiro atoms. The second-order valence-corrected chi connectivity index (χ2v) is 3.50. The summed E-state index contributed by atoms with van der Waals surface area (Å²) in [4.78, 5) is 11.3. The highest BCUT2D eigenvalue weighted by Gasteiger charge is 2.21. The van der Waals surface area contributed by atoms with Crippen LogP contribution in [0.15, 0.2) is 0 Å². The first-order valence-corrected chi connectivity index (χ1v) is 4.92. The van der Waals surface area contributed by atoms with Crippen LogP contribution in [0.3, 0.4) is 0 Å². The summed E-state index contributed by atoms with van der Waals surface area (Å²) in [5.74, 6) is 0.0286. The fraction of sp³-hybridized carbons (Fsp3) is 0.889. The van der Waals surface area contributed by atoms with E-state index in [2.05, 4.69) is 10.6 Å². The molecule has 1 rings (SSSR count). The first-order chi connectivity index (χ1) is 6.74. The number of methoxy groups -OCH3 is 1. The number of nitrogens with one attached hydrogen (secondary N) is 2. The standard InChI is InChI=1S/C9H18N2O3/c1-14-6-7(12)5-11-8-3-2-4-10-9(8)13/h7-8,11-12H,2-6H2,1H3,(H,10,13). The van der Waals surface area contributed by atoms with Gasteiger partial charge in [-0.25, -0.2) is 0 Å². The maximum absolute atomic E-state index is 11.3. The Kier molecular flexibility index (Phi) is 4.86. The summed E-state index contributed by atoms with van der Waals surface area (Å²) in [5.41, 5.74) is 0. The molecule has 1 saturated heterocycles. The Morgan fingerprint density at radius 2 is 2.57 bits per heavy atom. The molecule has 2 atom stereocenters. The number of rotatable bonds is 5. The van der Waals surface area contributed by atoms with Crippen LogP contribution in [0.4, 0.5) is 0 Å². The van der Waals surface area contributed by atoms with Crippen molar-refractivity contribution in [1.29, 1.82) is 0 Å². The van der Waals surface area contributed by atoms with E-state index in [4.69, 9.17) is 4.74 Å². The van der Waals surface area contributed by atoms with E-state index in [1.165, 1.54) is 7.11 Å². The van der Waals surface area contributed by atoms with Gasteiger partial charge in [0.25, 0.3) is 0 Å². The van der Waals surface area contributed by atoms with Gasteiger partial charge in [0.15, 0.2) is 0 Å². The predicted molar refractivity (Wildman–Crippen MR) is 51.9 cm³/mol. The van der Waals surface area contributed by atoms with Crippen LogP contribution in [0.1, 0.15) is 12.8 Å². The van der Waals surface area contributed by atoms with E-state index in [0.29, 0.717) is 13.2 Å². The van der Waals surface area contributed by atoms with Gasteiger partial charge in [-0.05, 0) is 12.8 Å². The Labute approximate surface area is 83.8 Å². The molecule has 3 N–H and O–H groups in total. The molecule has 2 unspecified atom stereocenters. The van der Waals surface area contributed by atoms with Crippen LogP contribution in [0.2, 0.25) is 0 Å². The van der Waals surface area contributed by atoms with Crippen LogP contribution in [-0.4, -0.2) is 50.0 Å². The van der Waals surface area contributed by atoms with E-state index in [9.17, 15) is 9.90 Å². The molecule has 1 aliphatic heterocycles. The van der Waals surface area contributed by atoms with Crippen LogP contribution in [-0.2, 0) is 9.53 Å². The zero-order valence-corrected chi connectivity index (χ0v) is 8.45. The second-order valence-electron chi connectivity index (χ2n) is 3.50. The van der Waals surface area contributed by atoms with Crippen molar-refractivity contribution in [3.8, 4) is 0 Å². The molecule has 0 aliphatic carbocycles. The molecule has 5 heteroatoms. The Morgan fingerprint density at radius 3 is 3.21 bits per heavy atom. The zero-order valence-electron chi connectivity index (χ0n) is 8.45. The van der Waals surface area contributed by atoms with Gasteiger partial charge in [-0.15, -0.1) is 0 Å². The molecule has 5 nitrogen and oxygen atoms in total. The monoisotopic (exact) mass is 202 g/mol. The van der Waals surface area contributed by atoms with Crippen molar-refractivity contribution in [2.75, 3.05) is 26.8 Å². The van der Waals surface area contributed by atoms with Gasteiger partial charge >= 0.3 is 0 Å². The summed E-state index contributed by atoms with van der Waals surface area (Å²) in [6, 6.07) is -0.157. The van der Waals surface area contributed by atoms with Crippen LogP contribution >= 0.6 is 0 Å². The lowest BCUT2D eigenvalue weighted by molar-refractivity contribution is -0.124. The van der Waals surface area contributed by atoms with Gasteiger partial charge in [0.2, 0.25) is 5.91 Å². The van der Waals surface area contributed by atoms with E-state index < -0.39 is 6.10 Å². The normalized spacial score (nSPS) is 24.4. The molecule has 0 saturated carbocycles. The summed E-state index contributed by atoms with van der Waals surface area (Å²) >= 11 is 0. The lowest BCUT2D eigenvalue weighted by Gasteiger charge is -2.23. The van der Waals surface area contributed by atoms with Gasteiger partial charge in [0.1, 0.15) is 0 Å². The first kappa shape index (κ1) is 11.4. The van der Waals surface area contributed by atoms with Crippen molar-refractivity contribution in [3.63, 3.8) is 0 Å². The quantitative estimate of drug-likeness (QED) is 0.527. The van der Waals surface area contributed by atoms with Crippen LogP contribution in [0.25, 0.3) is 0 Å². The highest BCUT2D eigenvalue weighted by molar-refractivity contribution is 5.82. The van der Waals surface area contributed by atoms with Crippen molar-refractivity contribution in [2.24, 2.45) is 0 Å². The largest absolute Gasteiger partial charge is 0.389 e. The summed E-state index contributed by atoms with van der Waals surface area (Å²) in [7, 11) is 1.54. The number of carbonyl (C=O) groups excluding carboxylic acids is 1. The lowest BCUT2D eigenvalue weighted by Crippen LogP contribution is -2.50. The Morgan fingerprint density at radius 1 is 1.79 bits per heavy atom. The van der Waals surface area contributed by atoms with Gasteiger partial charge in [-0.2, -0.15) is 0 Å². The Hall–Kier alpha value is -0.650. The van der Waals surface area contributed by atoms with Crippen LogP contribution in [0.5, 0.6) is 0 Å². The Balaban J connectivity index is 2.19. The third kappa shape index (κ3) is 3.61. The first-order valence-electron chi connectivity index (χ1n) is 4.92. The molecule has 0 aromatic rings. The number of amides is 1. The number of hydrogen-bond acceptors (Lipinski definition) is 4. The molecule has 82 valence electrons. The van der Waals surface area contributed by atoms with Gasteiger partial charge in [-0.3, -0.25) is 4.79 Å². The SMILES string of the molecule is COCC(O)CNC1CCCNC1=O. The zero-order chi connectivity index (χ0) is 10.4. The molecule has 1 heterocycles. The van der Waals surface area contributed by atoms with Gasteiger partial charge in [0, 0.05) is 20.2 Å². The van der Waals surface area contributed by atoms with E-state index in [1.807, 2.05) is 0 Å². The summed E-state index contributed by atoms with van der Waals surface area (Å²) < 4.78 is 4.78. The molecule has 1 fully saturated rings. The molecule has 14 heavy (non-hydrogen) atoms. The maximum Gasteiger partial charge on any atom is 0.237 e. The number of hydrogen-bond donors (Lipinski definition) is 3. The minimum atomic E-state index is -0.547. The fourth-order valence-electron chi connectivity index (χ4n) is 1.50. The molecule has 0 aromatic heterocycles. The topological polar surface area (TPSA) is 70.6 Å². The maximum atomic E-state index is 11.3. The molecule has 1 aliphatic rings. The third-order valence-corrected chi connectivity index (χ3v) is 2.24. The molecule has 0 bridgehead atoms. The number of aliphatic hydroxyl groups excluding tert-OH is 1. The minimum Gasteiger partial charge on any atom is -0.389 e. The van der Waals surface area contributed by atoms with Crippen molar-refractivity contribution in [2.45, 2.75) is 25.0 Å². The second kappa shape index (κ2) is 5.95. The van der Waals surface area contributed by atoms with Crippen molar-refractivity contribution >= 4 is 5.91 Å². The van der Waals surface area contributed by atoms with Crippen molar-refractivity contribution in [1.82, 2.24) is 10.6 Å². The van der Waals surface area contributed by atoms with E-state index in [0.717, 1.165) is 19.4 Å². The van der Waals surface area contributed by atoms with E-state index in [-0.39, 0.29) is 11.9 Å². The average molecular weight is 202 g/mol. The van der Waals surface area contributed by atoms with Gasteiger partial charge in [-0.1, -0.05) is 0 Å². The van der Waals surface area contributed by atoms with Gasteiger partial charge in [0.05, 0.1) is 18.8 Å². The van der Waals surface area contributed by atoms with Crippen molar-refractivity contribution in [3.05, 3.63) is 0 Å². The highest BCUT2D eigenvalue weighted by atomic mass is 16.5. The molecule has 1 amide bonds. The molecular weight excluding hydrogens is 184 g/mol.